The summed E-state index contributed by atoms with van der Waals surface area (Å²) in [5, 5.41) is 0. The third kappa shape index (κ3) is 3.26. The first-order valence-electron chi connectivity index (χ1n) is 8.42. The third-order valence-corrected chi connectivity index (χ3v) is 4.57. The van der Waals surface area contributed by atoms with Crippen LogP contribution in [0.2, 0.25) is 0 Å². The zero-order chi connectivity index (χ0) is 18.0. The number of esters is 1. The third-order valence-electron chi connectivity index (χ3n) is 4.57. The average Bonchev–Trinajstić information content (AvgIpc) is 2.87. The van der Waals surface area contributed by atoms with E-state index in [9.17, 15) is 19.2 Å². The Morgan fingerprint density at radius 2 is 1.80 bits per heavy atom. The molecule has 0 saturated carbocycles. The summed E-state index contributed by atoms with van der Waals surface area (Å²) in [6.45, 7) is 2.52. The zero-order valence-corrected chi connectivity index (χ0v) is 14.1. The fourth-order valence-corrected chi connectivity index (χ4v) is 3.27. The number of rotatable bonds is 4. The Labute approximate surface area is 145 Å². The largest absolute Gasteiger partial charge is 0.466 e. The van der Waals surface area contributed by atoms with Gasteiger partial charge in [0.05, 0.1) is 23.7 Å². The van der Waals surface area contributed by atoms with Crippen molar-refractivity contribution in [2.45, 2.75) is 19.8 Å². The lowest BCUT2D eigenvalue weighted by Crippen LogP contribution is -2.47. The van der Waals surface area contributed by atoms with Crippen molar-refractivity contribution in [1.29, 1.82) is 0 Å². The first kappa shape index (κ1) is 17.1. The van der Waals surface area contributed by atoms with Gasteiger partial charge >= 0.3 is 5.97 Å². The predicted molar refractivity (Wildman–Crippen MR) is 87.7 cm³/mol. The highest BCUT2D eigenvalue weighted by atomic mass is 16.5. The van der Waals surface area contributed by atoms with Crippen molar-refractivity contribution in [2.75, 3.05) is 26.2 Å². The number of ether oxygens (including phenoxy) is 1. The smallest absolute Gasteiger partial charge is 0.310 e. The number of amides is 3. The molecule has 3 amide bonds. The van der Waals surface area contributed by atoms with Gasteiger partial charge in [0.1, 0.15) is 6.54 Å². The number of likely N-dealkylation sites (tertiary alicyclic amines) is 1. The minimum absolute atomic E-state index is 0.265. The van der Waals surface area contributed by atoms with Crippen LogP contribution in [0.3, 0.4) is 0 Å². The maximum absolute atomic E-state index is 12.5. The van der Waals surface area contributed by atoms with Gasteiger partial charge in [-0.2, -0.15) is 0 Å². The molecule has 0 aliphatic carbocycles. The van der Waals surface area contributed by atoms with Gasteiger partial charge < -0.3 is 9.64 Å². The van der Waals surface area contributed by atoms with Gasteiger partial charge in [-0.05, 0) is 31.9 Å². The number of hydrogen-bond donors (Lipinski definition) is 0. The SMILES string of the molecule is CCOC(=O)[C@@H]1CCCN(C(=O)CN2C(=O)c3ccccc3C2=O)C1. The van der Waals surface area contributed by atoms with Gasteiger partial charge in [-0.1, -0.05) is 12.1 Å². The Morgan fingerprint density at radius 1 is 1.16 bits per heavy atom. The molecule has 0 unspecified atom stereocenters. The molecule has 1 aromatic rings. The molecule has 132 valence electrons. The Morgan fingerprint density at radius 3 is 2.40 bits per heavy atom. The summed E-state index contributed by atoms with van der Waals surface area (Å²) in [6, 6.07) is 6.53. The topological polar surface area (TPSA) is 84.0 Å². The highest BCUT2D eigenvalue weighted by Gasteiger charge is 2.38. The molecule has 7 heteroatoms. The molecule has 0 radical (unpaired) electrons. The van der Waals surface area contributed by atoms with Crippen molar-refractivity contribution >= 4 is 23.7 Å². The Kier molecular flexibility index (Phi) is 4.83. The summed E-state index contributed by atoms with van der Waals surface area (Å²) in [5.41, 5.74) is 0.645. The van der Waals surface area contributed by atoms with E-state index in [-0.39, 0.29) is 30.9 Å². The molecule has 2 aliphatic rings. The molecular formula is C18H20N2O5. The summed E-state index contributed by atoms with van der Waals surface area (Å²) in [5.74, 6) is -1.88. The minimum Gasteiger partial charge on any atom is -0.466 e. The van der Waals surface area contributed by atoms with Crippen molar-refractivity contribution < 1.29 is 23.9 Å². The van der Waals surface area contributed by atoms with E-state index in [1.54, 1.807) is 31.2 Å². The van der Waals surface area contributed by atoms with Crippen molar-refractivity contribution in [1.82, 2.24) is 9.80 Å². The highest BCUT2D eigenvalue weighted by Crippen LogP contribution is 2.23. The fraction of sp³-hybridized carbons (Fsp3) is 0.444. The summed E-state index contributed by atoms with van der Waals surface area (Å²) in [7, 11) is 0. The Bertz CT molecular complexity index is 695. The molecule has 0 bridgehead atoms. The molecule has 1 aromatic carbocycles. The predicted octanol–water partition coefficient (Wildman–Crippen LogP) is 1.08. The minimum atomic E-state index is -0.451. The summed E-state index contributed by atoms with van der Waals surface area (Å²) < 4.78 is 5.02. The van der Waals surface area contributed by atoms with Crippen LogP contribution in [0.25, 0.3) is 0 Å². The highest BCUT2D eigenvalue weighted by molar-refractivity contribution is 6.22. The van der Waals surface area contributed by atoms with Crippen LogP contribution in [0.1, 0.15) is 40.5 Å². The number of carbonyl (C=O) groups excluding carboxylic acids is 4. The Hall–Kier alpha value is -2.70. The molecular weight excluding hydrogens is 324 g/mol. The van der Waals surface area contributed by atoms with E-state index < -0.39 is 11.8 Å². The van der Waals surface area contributed by atoms with Gasteiger partial charge in [-0.15, -0.1) is 0 Å². The van der Waals surface area contributed by atoms with E-state index in [2.05, 4.69) is 0 Å². The van der Waals surface area contributed by atoms with Crippen LogP contribution in [0.4, 0.5) is 0 Å². The Balaban J connectivity index is 1.66. The molecule has 25 heavy (non-hydrogen) atoms. The van der Waals surface area contributed by atoms with Crippen LogP contribution in [0.5, 0.6) is 0 Å². The lowest BCUT2D eigenvalue weighted by atomic mass is 9.98. The summed E-state index contributed by atoms with van der Waals surface area (Å²) >= 11 is 0. The average molecular weight is 344 g/mol. The van der Waals surface area contributed by atoms with Gasteiger partial charge in [-0.3, -0.25) is 24.1 Å². The van der Waals surface area contributed by atoms with E-state index in [0.717, 1.165) is 4.90 Å². The lowest BCUT2D eigenvalue weighted by Gasteiger charge is -2.32. The number of benzene rings is 1. The molecule has 1 fully saturated rings. The second-order valence-corrected chi connectivity index (χ2v) is 6.17. The van der Waals surface area contributed by atoms with Crippen molar-refractivity contribution in [3.8, 4) is 0 Å². The van der Waals surface area contributed by atoms with Crippen LogP contribution >= 0.6 is 0 Å². The van der Waals surface area contributed by atoms with Crippen LogP contribution in [0, 0.1) is 5.92 Å². The number of fused-ring (bicyclic) bond motifs is 1. The summed E-state index contributed by atoms with van der Waals surface area (Å²) in [6.07, 6.45) is 1.37. The van der Waals surface area contributed by atoms with E-state index in [0.29, 0.717) is 37.1 Å². The quantitative estimate of drug-likeness (QED) is 0.603. The maximum atomic E-state index is 12.5. The van der Waals surface area contributed by atoms with Gasteiger partial charge in [0.15, 0.2) is 0 Å². The van der Waals surface area contributed by atoms with Crippen LogP contribution in [-0.4, -0.2) is 59.7 Å². The van der Waals surface area contributed by atoms with Crippen LogP contribution in [-0.2, 0) is 14.3 Å². The number of nitrogens with zero attached hydrogens (tertiary/aromatic N) is 2. The van der Waals surface area contributed by atoms with E-state index in [1.807, 2.05) is 0 Å². The normalized spacial score (nSPS) is 19.8. The molecule has 3 rings (SSSR count). The molecule has 0 N–H and O–H groups in total. The monoisotopic (exact) mass is 344 g/mol. The second kappa shape index (κ2) is 7.04. The molecule has 1 atom stereocenters. The van der Waals surface area contributed by atoms with Gasteiger partial charge in [0.25, 0.3) is 11.8 Å². The van der Waals surface area contributed by atoms with Gasteiger partial charge in [0.2, 0.25) is 5.91 Å². The molecule has 1 saturated heterocycles. The lowest BCUT2D eigenvalue weighted by molar-refractivity contribution is -0.151. The zero-order valence-electron chi connectivity index (χ0n) is 14.1. The van der Waals surface area contributed by atoms with Crippen LogP contribution < -0.4 is 0 Å². The first-order chi connectivity index (χ1) is 12.0. The standard InChI is InChI=1S/C18H20N2O5/c1-2-25-18(24)12-6-5-9-19(10-12)15(21)11-20-16(22)13-7-3-4-8-14(13)17(20)23/h3-4,7-8,12H,2,5-6,9-11H2,1H3/t12-/m1/s1. The second-order valence-electron chi connectivity index (χ2n) is 6.17. The van der Waals surface area contributed by atoms with Crippen molar-refractivity contribution in [3.63, 3.8) is 0 Å². The van der Waals surface area contributed by atoms with E-state index in [1.165, 1.54) is 4.90 Å². The maximum Gasteiger partial charge on any atom is 0.310 e. The van der Waals surface area contributed by atoms with Crippen LogP contribution in [0.15, 0.2) is 24.3 Å². The van der Waals surface area contributed by atoms with Crippen molar-refractivity contribution in [2.24, 2.45) is 5.92 Å². The summed E-state index contributed by atoms with van der Waals surface area (Å²) in [4.78, 5) is 51.6. The molecule has 0 spiro atoms. The van der Waals surface area contributed by atoms with Gasteiger partial charge in [0, 0.05) is 13.1 Å². The molecule has 2 aliphatic heterocycles. The fourth-order valence-electron chi connectivity index (χ4n) is 3.27. The van der Waals surface area contributed by atoms with E-state index >= 15 is 0 Å². The van der Waals surface area contributed by atoms with E-state index in [4.69, 9.17) is 4.74 Å². The number of carbonyl (C=O) groups is 4. The number of hydrogen-bond acceptors (Lipinski definition) is 5. The number of piperidine rings is 1. The number of imide groups is 1. The van der Waals surface area contributed by atoms with Gasteiger partial charge in [-0.25, -0.2) is 0 Å². The molecule has 0 aromatic heterocycles. The first-order valence-corrected chi connectivity index (χ1v) is 8.42. The molecule has 7 nitrogen and oxygen atoms in total. The van der Waals surface area contributed by atoms with Crippen molar-refractivity contribution in [3.05, 3.63) is 35.4 Å². The molecule has 2 heterocycles.